The second-order valence-electron chi connectivity index (χ2n) is 4.17. The molecule has 0 aliphatic rings. The van der Waals surface area contributed by atoms with Gasteiger partial charge in [0.1, 0.15) is 5.69 Å². The van der Waals surface area contributed by atoms with Gasteiger partial charge in [-0.1, -0.05) is 17.7 Å². The molecule has 0 fully saturated rings. The number of carbonyl (C=O) groups excluding carboxylic acids is 1. The van der Waals surface area contributed by atoms with Gasteiger partial charge in [0.25, 0.3) is 5.91 Å². The highest BCUT2D eigenvalue weighted by Gasteiger charge is 2.08. The standard InChI is InChI=1S/C14H10ClIN2O3/c15-10-5-9(2-3-11(10)16)13(19)18-7-8-1-4-12(14(20)21)17-6-8/h1-6H,7H2,(H,18,19)(H,20,21). The summed E-state index contributed by atoms with van der Waals surface area (Å²) in [5.41, 5.74) is 1.15. The normalized spacial score (nSPS) is 10.2. The van der Waals surface area contributed by atoms with Gasteiger partial charge in [-0.3, -0.25) is 4.79 Å². The summed E-state index contributed by atoms with van der Waals surface area (Å²) in [5, 5.41) is 12.0. The molecular weight excluding hydrogens is 407 g/mol. The van der Waals surface area contributed by atoms with Crippen LogP contribution in [-0.4, -0.2) is 22.0 Å². The Morgan fingerprint density at radius 3 is 2.62 bits per heavy atom. The van der Waals surface area contributed by atoms with Crippen molar-refractivity contribution in [2.24, 2.45) is 0 Å². The molecule has 0 unspecified atom stereocenters. The zero-order chi connectivity index (χ0) is 15.4. The molecule has 0 saturated heterocycles. The van der Waals surface area contributed by atoms with Crippen LogP contribution in [0.1, 0.15) is 26.4 Å². The number of aromatic carboxylic acids is 1. The van der Waals surface area contributed by atoms with E-state index in [1.807, 2.05) is 0 Å². The fourth-order valence-corrected chi connectivity index (χ4v) is 2.09. The van der Waals surface area contributed by atoms with Gasteiger partial charge in [-0.05, 0) is 52.4 Å². The van der Waals surface area contributed by atoms with Crippen LogP contribution in [0, 0.1) is 3.57 Å². The van der Waals surface area contributed by atoms with E-state index < -0.39 is 5.97 Å². The summed E-state index contributed by atoms with van der Waals surface area (Å²) < 4.78 is 0.874. The molecular formula is C14H10ClIN2O3. The number of carbonyl (C=O) groups is 2. The number of carboxylic acid groups (broad SMARTS) is 1. The van der Waals surface area contributed by atoms with Gasteiger partial charge in [-0.2, -0.15) is 0 Å². The summed E-state index contributed by atoms with van der Waals surface area (Å²) in [5.74, 6) is -1.34. The molecule has 0 bridgehead atoms. The van der Waals surface area contributed by atoms with Crippen molar-refractivity contribution in [2.75, 3.05) is 0 Å². The number of pyridine rings is 1. The van der Waals surface area contributed by atoms with Gasteiger partial charge in [-0.15, -0.1) is 0 Å². The Bertz CT molecular complexity index is 689. The van der Waals surface area contributed by atoms with Gasteiger partial charge in [0.05, 0.1) is 5.02 Å². The van der Waals surface area contributed by atoms with Gasteiger partial charge in [0, 0.05) is 21.9 Å². The number of carboxylic acids is 1. The van der Waals surface area contributed by atoms with Gasteiger partial charge >= 0.3 is 5.97 Å². The summed E-state index contributed by atoms with van der Waals surface area (Å²) in [4.78, 5) is 26.4. The summed E-state index contributed by atoms with van der Waals surface area (Å²) in [6, 6.07) is 8.06. The van der Waals surface area contributed by atoms with Crippen molar-refractivity contribution in [3.05, 3.63) is 61.9 Å². The maximum Gasteiger partial charge on any atom is 0.354 e. The number of rotatable bonds is 4. The Morgan fingerprint density at radius 2 is 2.05 bits per heavy atom. The van der Waals surface area contributed by atoms with Crippen LogP contribution in [-0.2, 0) is 6.54 Å². The number of aromatic nitrogens is 1. The Morgan fingerprint density at radius 1 is 1.29 bits per heavy atom. The molecule has 0 atom stereocenters. The lowest BCUT2D eigenvalue weighted by Gasteiger charge is -2.06. The van der Waals surface area contributed by atoms with E-state index in [0.29, 0.717) is 16.1 Å². The monoisotopic (exact) mass is 416 g/mol. The summed E-state index contributed by atoms with van der Waals surface area (Å²) in [6.45, 7) is 0.259. The summed E-state index contributed by atoms with van der Waals surface area (Å²) >= 11 is 8.05. The van der Waals surface area contributed by atoms with E-state index in [2.05, 4.69) is 32.9 Å². The van der Waals surface area contributed by atoms with Crippen LogP contribution in [0.2, 0.25) is 5.02 Å². The van der Waals surface area contributed by atoms with Crippen LogP contribution in [0.4, 0.5) is 0 Å². The third kappa shape index (κ3) is 4.15. The second kappa shape index (κ2) is 6.86. The lowest BCUT2D eigenvalue weighted by Crippen LogP contribution is -2.23. The van der Waals surface area contributed by atoms with Crippen molar-refractivity contribution in [3.8, 4) is 0 Å². The van der Waals surface area contributed by atoms with E-state index in [0.717, 1.165) is 3.57 Å². The number of halogens is 2. The molecule has 0 saturated carbocycles. The van der Waals surface area contributed by atoms with Crippen LogP contribution < -0.4 is 5.32 Å². The predicted molar refractivity (Wildman–Crippen MR) is 86.5 cm³/mol. The zero-order valence-electron chi connectivity index (χ0n) is 10.6. The van der Waals surface area contributed by atoms with Crippen molar-refractivity contribution in [1.29, 1.82) is 0 Å². The molecule has 1 heterocycles. The number of nitrogens with one attached hydrogen (secondary N) is 1. The minimum absolute atomic E-state index is 0.0329. The highest BCUT2D eigenvalue weighted by Crippen LogP contribution is 2.19. The van der Waals surface area contributed by atoms with Crippen LogP contribution in [0.5, 0.6) is 0 Å². The Balaban J connectivity index is 2.00. The maximum atomic E-state index is 12.0. The van der Waals surface area contributed by atoms with Crippen molar-refractivity contribution < 1.29 is 14.7 Å². The zero-order valence-corrected chi connectivity index (χ0v) is 13.6. The van der Waals surface area contributed by atoms with Crippen molar-refractivity contribution in [1.82, 2.24) is 10.3 Å². The first kappa shape index (κ1) is 15.7. The van der Waals surface area contributed by atoms with Crippen molar-refractivity contribution in [2.45, 2.75) is 6.54 Å². The lowest BCUT2D eigenvalue weighted by molar-refractivity contribution is 0.0690. The number of benzene rings is 1. The number of hydrogen-bond acceptors (Lipinski definition) is 3. The molecule has 1 amide bonds. The van der Waals surface area contributed by atoms with Crippen LogP contribution in [0.15, 0.2) is 36.5 Å². The number of nitrogens with zero attached hydrogens (tertiary/aromatic N) is 1. The van der Waals surface area contributed by atoms with Crippen molar-refractivity contribution >= 4 is 46.1 Å². The molecule has 0 aliphatic heterocycles. The maximum absolute atomic E-state index is 12.0. The number of amides is 1. The first-order valence-corrected chi connectivity index (χ1v) is 7.34. The molecule has 2 N–H and O–H groups in total. The first-order chi connectivity index (χ1) is 9.97. The molecule has 1 aromatic heterocycles. The van der Waals surface area contributed by atoms with E-state index >= 15 is 0 Å². The SMILES string of the molecule is O=C(NCc1ccc(C(=O)O)nc1)c1ccc(I)c(Cl)c1. The molecule has 7 heteroatoms. The average Bonchev–Trinajstić information content (AvgIpc) is 2.48. The minimum Gasteiger partial charge on any atom is -0.477 e. The summed E-state index contributed by atoms with van der Waals surface area (Å²) in [7, 11) is 0. The van der Waals surface area contributed by atoms with Gasteiger partial charge in [0.2, 0.25) is 0 Å². The minimum atomic E-state index is -1.08. The van der Waals surface area contributed by atoms with E-state index in [4.69, 9.17) is 16.7 Å². The molecule has 0 radical (unpaired) electrons. The Kier molecular flexibility index (Phi) is 5.13. The molecule has 21 heavy (non-hydrogen) atoms. The third-order valence-corrected chi connectivity index (χ3v) is 4.25. The largest absolute Gasteiger partial charge is 0.477 e. The van der Waals surface area contributed by atoms with Gasteiger partial charge < -0.3 is 10.4 Å². The molecule has 5 nitrogen and oxygen atoms in total. The fraction of sp³-hybridized carbons (Fsp3) is 0.0714. The fourth-order valence-electron chi connectivity index (χ4n) is 1.58. The van der Waals surface area contributed by atoms with Crippen LogP contribution >= 0.6 is 34.2 Å². The Labute approximate surface area is 139 Å². The lowest BCUT2D eigenvalue weighted by atomic mass is 10.2. The average molecular weight is 417 g/mol. The van der Waals surface area contributed by atoms with Crippen molar-refractivity contribution in [3.63, 3.8) is 0 Å². The highest BCUT2D eigenvalue weighted by atomic mass is 127. The first-order valence-electron chi connectivity index (χ1n) is 5.89. The third-order valence-electron chi connectivity index (χ3n) is 2.68. The molecule has 0 spiro atoms. The van der Waals surface area contributed by atoms with E-state index in [1.54, 1.807) is 24.3 Å². The molecule has 108 valence electrons. The van der Waals surface area contributed by atoms with Gasteiger partial charge in [0.15, 0.2) is 0 Å². The second-order valence-corrected chi connectivity index (χ2v) is 5.74. The molecule has 2 aromatic rings. The predicted octanol–water partition coefficient (Wildman–Crippen LogP) is 2.97. The van der Waals surface area contributed by atoms with Crippen LogP contribution in [0.25, 0.3) is 0 Å². The Hall–Kier alpha value is -1.67. The highest BCUT2D eigenvalue weighted by molar-refractivity contribution is 14.1. The van der Waals surface area contributed by atoms with E-state index in [9.17, 15) is 9.59 Å². The molecule has 2 rings (SSSR count). The molecule has 0 aliphatic carbocycles. The molecule has 1 aromatic carbocycles. The smallest absolute Gasteiger partial charge is 0.354 e. The van der Waals surface area contributed by atoms with Crippen LogP contribution in [0.3, 0.4) is 0 Å². The summed E-state index contributed by atoms with van der Waals surface area (Å²) in [6.07, 6.45) is 1.42. The van der Waals surface area contributed by atoms with E-state index in [1.165, 1.54) is 12.3 Å². The van der Waals surface area contributed by atoms with E-state index in [-0.39, 0.29) is 18.1 Å². The quantitative estimate of drug-likeness (QED) is 0.751. The number of hydrogen-bond donors (Lipinski definition) is 2. The van der Waals surface area contributed by atoms with Gasteiger partial charge in [-0.25, -0.2) is 9.78 Å². The topological polar surface area (TPSA) is 79.3 Å².